The average Bonchev–Trinajstić information content (AvgIpc) is 3.32. The fraction of sp³-hybridized carbons (Fsp3) is 0.179. The lowest BCUT2D eigenvalue weighted by atomic mass is 10.1. The number of nitrogens with one attached hydrogen (secondary N) is 2. The normalized spacial score (nSPS) is 11.2. The number of aromatic nitrogens is 2. The summed E-state index contributed by atoms with van der Waals surface area (Å²) in [6.07, 6.45) is -4.20. The van der Waals surface area contributed by atoms with Gasteiger partial charge in [0.25, 0.3) is 0 Å². The second kappa shape index (κ2) is 11.8. The quantitative estimate of drug-likeness (QED) is 0.248. The van der Waals surface area contributed by atoms with E-state index in [0.29, 0.717) is 17.8 Å². The van der Waals surface area contributed by atoms with Crippen LogP contribution in [0.4, 0.5) is 33.9 Å². The largest absolute Gasteiger partial charge is 0.418 e. The van der Waals surface area contributed by atoms with Gasteiger partial charge in [0.1, 0.15) is 18.2 Å². The summed E-state index contributed by atoms with van der Waals surface area (Å²) in [5.74, 6) is -0.761. The van der Waals surface area contributed by atoms with Crippen LogP contribution in [-0.4, -0.2) is 39.7 Å². The Bertz CT molecular complexity index is 1440. The monoisotopic (exact) mass is 539 g/mol. The van der Waals surface area contributed by atoms with Crippen LogP contribution >= 0.6 is 0 Å². The number of rotatable bonds is 8. The Hall–Kier alpha value is -4.67. The molecular formula is C28H25F4N5O2. The SMILES string of the molecule is CCCN(CC(=O)Nc1cc(-c2ccccc2)nn1-c1ccc(F)cc1)C(=O)Nc1ccccc1C(F)(F)F. The highest BCUT2D eigenvalue weighted by atomic mass is 19.4. The van der Waals surface area contributed by atoms with Crippen molar-refractivity contribution in [3.63, 3.8) is 0 Å². The van der Waals surface area contributed by atoms with Crippen LogP contribution in [0.25, 0.3) is 16.9 Å². The van der Waals surface area contributed by atoms with Gasteiger partial charge >= 0.3 is 12.2 Å². The molecule has 0 atom stereocenters. The van der Waals surface area contributed by atoms with Gasteiger partial charge in [0.15, 0.2) is 0 Å². The molecule has 0 fully saturated rings. The first-order valence-electron chi connectivity index (χ1n) is 12.1. The first kappa shape index (κ1) is 27.4. The van der Waals surface area contributed by atoms with Crippen LogP contribution < -0.4 is 10.6 Å². The first-order chi connectivity index (χ1) is 18.7. The highest BCUT2D eigenvalue weighted by Gasteiger charge is 2.34. The molecule has 0 saturated carbocycles. The summed E-state index contributed by atoms with van der Waals surface area (Å²) >= 11 is 0. The zero-order valence-corrected chi connectivity index (χ0v) is 20.9. The van der Waals surface area contributed by atoms with E-state index in [4.69, 9.17) is 0 Å². The van der Waals surface area contributed by atoms with Crippen LogP contribution in [-0.2, 0) is 11.0 Å². The molecule has 1 heterocycles. The topological polar surface area (TPSA) is 79.3 Å². The van der Waals surface area contributed by atoms with E-state index in [2.05, 4.69) is 15.7 Å². The maximum Gasteiger partial charge on any atom is 0.418 e. The van der Waals surface area contributed by atoms with Crippen LogP contribution in [0.15, 0.2) is 84.9 Å². The van der Waals surface area contributed by atoms with Crippen molar-refractivity contribution >= 4 is 23.4 Å². The summed E-state index contributed by atoms with van der Waals surface area (Å²) < 4.78 is 55.1. The number of hydrogen-bond donors (Lipinski definition) is 2. The maximum atomic E-state index is 13.5. The molecule has 0 radical (unpaired) electrons. The lowest BCUT2D eigenvalue weighted by Gasteiger charge is -2.23. The molecule has 2 N–H and O–H groups in total. The molecule has 3 amide bonds. The van der Waals surface area contributed by atoms with Crippen molar-refractivity contribution in [1.82, 2.24) is 14.7 Å². The Morgan fingerprint density at radius 2 is 1.59 bits per heavy atom. The number of para-hydroxylation sites is 1. The van der Waals surface area contributed by atoms with Gasteiger partial charge in [-0.25, -0.2) is 13.9 Å². The zero-order valence-electron chi connectivity index (χ0n) is 20.9. The fourth-order valence-corrected chi connectivity index (χ4v) is 3.91. The van der Waals surface area contributed by atoms with Crippen molar-refractivity contribution in [3.05, 3.63) is 96.3 Å². The van der Waals surface area contributed by atoms with Crippen molar-refractivity contribution < 1.29 is 27.2 Å². The van der Waals surface area contributed by atoms with Crippen LogP contribution in [0.2, 0.25) is 0 Å². The lowest BCUT2D eigenvalue weighted by molar-refractivity contribution is -0.137. The minimum atomic E-state index is -4.66. The van der Waals surface area contributed by atoms with Gasteiger partial charge in [0.2, 0.25) is 5.91 Å². The first-order valence-corrected chi connectivity index (χ1v) is 12.1. The van der Waals surface area contributed by atoms with Gasteiger partial charge in [-0.3, -0.25) is 4.79 Å². The molecule has 0 aliphatic carbocycles. The highest BCUT2D eigenvalue weighted by molar-refractivity contribution is 5.97. The molecule has 3 aromatic carbocycles. The molecule has 202 valence electrons. The van der Waals surface area contributed by atoms with Crippen molar-refractivity contribution in [2.24, 2.45) is 0 Å². The summed E-state index contributed by atoms with van der Waals surface area (Å²) in [7, 11) is 0. The van der Waals surface area contributed by atoms with Gasteiger partial charge in [-0.15, -0.1) is 0 Å². The summed E-state index contributed by atoms with van der Waals surface area (Å²) in [5.41, 5.74) is 0.418. The van der Waals surface area contributed by atoms with Gasteiger partial charge in [0.05, 0.1) is 22.6 Å². The van der Waals surface area contributed by atoms with Crippen molar-refractivity contribution in [3.8, 4) is 16.9 Å². The number of halogens is 4. The second-order valence-electron chi connectivity index (χ2n) is 8.61. The van der Waals surface area contributed by atoms with Crippen molar-refractivity contribution in [1.29, 1.82) is 0 Å². The molecule has 0 unspecified atom stereocenters. The summed E-state index contributed by atoms with van der Waals surface area (Å²) in [6, 6.07) is 20.1. The number of hydrogen-bond acceptors (Lipinski definition) is 3. The average molecular weight is 540 g/mol. The minimum Gasteiger partial charge on any atom is -0.315 e. The number of carbonyl (C=O) groups is 2. The van der Waals surface area contributed by atoms with E-state index in [1.807, 2.05) is 30.3 Å². The Balaban J connectivity index is 1.56. The van der Waals surface area contributed by atoms with Gasteiger partial charge in [-0.2, -0.15) is 18.3 Å². The third-order valence-electron chi connectivity index (χ3n) is 5.71. The van der Waals surface area contributed by atoms with Gasteiger partial charge < -0.3 is 15.5 Å². The fourth-order valence-electron chi connectivity index (χ4n) is 3.91. The molecule has 11 heteroatoms. The Kier molecular flexibility index (Phi) is 8.28. The number of benzene rings is 3. The lowest BCUT2D eigenvalue weighted by Crippen LogP contribution is -2.41. The molecular weight excluding hydrogens is 514 g/mol. The van der Waals surface area contributed by atoms with Gasteiger partial charge in [0, 0.05) is 18.2 Å². The summed E-state index contributed by atoms with van der Waals surface area (Å²) in [5, 5.41) is 9.55. The smallest absolute Gasteiger partial charge is 0.315 e. The Labute approximate surface area is 222 Å². The molecule has 1 aromatic heterocycles. The molecule has 0 saturated heterocycles. The zero-order chi connectivity index (χ0) is 28.0. The molecule has 7 nitrogen and oxygen atoms in total. The summed E-state index contributed by atoms with van der Waals surface area (Å²) in [4.78, 5) is 27.1. The minimum absolute atomic E-state index is 0.125. The Morgan fingerprint density at radius 3 is 2.26 bits per heavy atom. The molecule has 0 bridgehead atoms. The third-order valence-corrected chi connectivity index (χ3v) is 5.71. The van der Waals surface area contributed by atoms with E-state index in [9.17, 15) is 27.2 Å². The molecule has 4 aromatic rings. The summed E-state index contributed by atoms with van der Waals surface area (Å²) in [6.45, 7) is 1.47. The number of nitrogens with zero attached hydrogens (tertiary/aromatic N) is 3. The molecule has 0 aliphatic heterocycles. The van der Waals surface area contributed by atoms with Crippen LogP contribution in [0, 0.1) is 5.82 Å². The van der Waals surface area contributed by atoms with E-state index in [1.54, 1.807) is 13.0 Å². The third kappa shape index (κ3) is 6.81. The van der Waals surface area contributed by atoms with Gasteiger partial charge in [-0.05, 0) is 42.8 Å². The van der Waals surface area contributed by atoms with Crippen LogP contribution in [0.1, 0.15) is 18.9 Å². The predicted molar refractivity (Wildman–Crippen MR) is 140 cm³/mol. The molecule has 0 spiro atoms. The predicted octanol–water partition coefficient (Wildman–Crippen LogP) is 6.58. The van der Waals surface area contributed by atoms with E-state index in [0.717, 1.165) is 22.6 Å². The van der Waals surface area contributed by atoms with Crippen molar-refractivity contribution in [2.75, 3.05) is 23.7 Å². The molecule has 39 heavy (non-hydrogen) atoms. The van der Waals surface area contributed by atoms with Crippen LogP contribution in [0.5, 0.6) is 0 Å². The van der Waals surface area contributed by atoms with E-state index in [-0.39, 0.29) is 12.4 Å². The maximum absolute atomic E-state index is 13.5. The standard InChI is InChI=1S/C28H25F4N5O2/c1-2-16-36(27(39)33-23-11-7-6-10-22(23)28(30,31)32)18-26(38)34-25-17-24(19-8-4-3-5-9-19)35-37(25)21-14-12-20(29)13-15-21/h3-15,17H,2,16,18H2,1H3,(H,33,39)(H,34,38). The number of urea groups is 1. The Morgan fingerprint density at radius 1 is 0.923 bits per heavy atom. The molecule has 4 rings (SSSR count). The number of alkyl halides is 3. The van der Waals surface area contributed by atoms with Gasteiger partial charge in [-0.1, -0.05) is 49.4 Å². The van der Waals surface area contributed by atoms with E-state index in [1.165, 1.54) is 41.1 Å². The highest BCUT2D eigenvalue weighted by Crippen LogP contribution is 2.34. The number of anilines is 2. The van der Waals surface area contributed by atoms with E-state index < -0.39 is 41.7 Å². The van der Waals surface area contributed by atoms with E-state index >= 15 is 0 Å². The number of amides is 3. The second-order valence-corrected chi connectivity index (χ2v) is 8.61. The van der Waals surface area contributed by atoms with Crippen molar-refractivity contribution in [2.45, 2.75) is 19.5 Å². The van der Waals surface area contributed by atoms with Crippen LogP contribution in [0.3, 0.4) is 0 Å². The number of carbonyl (C=O) groups excluding carboxylic acids is 2. The molecule has 0 aliphatic rings.